The zero-order chi connectivity index (χ0) is 14.7. The number of carbonyl (C=O) groups is 2. The average Bonchev–Trinajstić information content (AvgIpc) is 2.40. The minimum absolute atomic E-state index is 0.156. The second kappa shape index (κ2) is 5.94. The van der Waals surface area contributed by atoms with Crippen molar-refractivity contribution in [1.82, 2.24) is 4.90 Å². The fourth-order valence-electron chi connectivity index (χ4n) is 2.51. The summed E-state index contributed by atoms with van der Waals surface area (Å²) in [4.78, 5) is 25.0. The number of piperidine rings is 1. The molecule has 0 radical (unpaired) electrons. The average molecular weight is 276 g/mol. The summed E-state index contributed by atoms with van der Waals surface area (Å²) in [5.41, 5.74) is 1.42. The predicted molar refractivity (Wildman–Crippen MR) is 77.1 cm³/mol. The van der Waals surface area contributed by atoms with Crippen molar-refractivity contribution in [3.8, 4) is 0 Å². The molecule has 1 heterocycles. The number of nitrogens with one attached hydrogen (secondary N) is 1. The van der Waals surface area contributed by atoms with Crippen molar-refractivity contribution < 1.29 is 14.7 Å². The minimum Gasteiger partial charge on any atom is -0.478 e. The number of hydrogen-bond acceptors (Lipinski definition) is 2. The Labute approximate surface area is 118 Å². The lowest BCUT2D eigenvalue weighted by molar-refractivity contribution is 0.0696. The van der Waals surface area contributed by atoms with Crippen LogP contribution in [0.5, 0.6) is 0 Å². The number of aromatic carboxylic acids is 1. The maximum absolute atomic E-state index is 12.1. The molecule has 1 atom stereocenters. The molecule has 2 rings (SSSR count). The minimum atomic E-state index is -0.981. The largest absolute Gasteiger partial charge is 0.478 e. The highest BCUT2D eigenvalue weighted by molar-refractivity contribution is 5.94. The highest BCUT2D eigenvalue weighted by Crippen LogP contribution is 2.19. The first kappa shape index (κ1) is 14.4. The number of rotatable bonds is 2. The Morgan fingerprint density at radius 1 is 1.40 bits per heavy atom. The van der Waals surface area contributed by atoms with Crippen molar-refractivity contribution >= 4 is 17.7 Å². The van der Waals surface area contributed by atoms with E-state index in [2.05, 4.69) is 12.2 Å². The van der Waals surface area contributed by atoms with Gasteiger partial charge < -0.3 is 15.3 Å². The molecule has 0 spiro atoms. The van der Waals surface area contributed by atoms with Crippen LogP contribution in [0.1, 0.15) is 35.7 Å². The number of anilines is 1. The quantitative estimate of drug-likeness (QED) is 0.872. The van der Waals surface area contributed by atoms with Crippen LogP contribution in [0.15, 0.2) is 18.2 Å². The summed E-state index contributed by atoms with van der Waals surface area (Å²) in [5.74, 6) is -0.465. The van der Waals surface area contributed by atoms with Gasteiger partial charge in [0, 0.05) is 18.8 Å². The third-order valence-electron chi connectivity index (χ3n) is 3.66. The van der Waals surface area contributed by atoms with Crippen molar-refractivity contribution in [1.29, 1.82) is 0 Å². The first-order valence-electron chi connectivity index (χ1n) is 6.87. The Balaban J connectivity index is 2.07. The molecular formula is C15H20N2O3. The number of carboxylic acids is 1. The number of carbonyl (C=O) groups excluding carboxylic acids is 1. The third-order valence-corrected chi connectivity index (χ3v) is 3.66. The number of nitrogens with zero attached hydrogens (tertiary/aromatic N) is 1. The summed E-state index contributed by atoms with van der Waals surface area (Å²) < 4.78 is 0. The van der Waals surface area contributed by atoms with Crippen LogP contribution < -0.4 is 5.32 Å². The van der Waals surface area contributed by atoms with Crippen molar-refractivity contribution in [2.24, 2.45) is 5.92 Å². The number of urea groups is 1. The van der Waals surface area contributed by atoms with Gasteiger partial charge in [0.1, 0.15) is 0 Å². The molecule has 5 heteroatoms. The Hall–Kier alpha value is -2.04. The number of carboxylic acid groups (broad SMARTS) is 1. The maximum Gasteiger partial charge on any atom is 0.336 e. The molecule has 108 valence electrons. The topological polar surface area (TPSA) is 69.6 Å². The van der Waals surface area contributed by atoms with E-state index in [4.69, 9.17) is 5.11 Å². The molecular weight excluding hydrogens is 256 g/mol. The lowest BCUT2D eigenvalue weighted by atomic mass is 10.0. The molecule has 1 unspecified atom stereocenters. The predicted octanol–water partition coefficient (Wildman–Crippen LogP) is 2.96. The number of aryl methyl sites for hydroxylation is 1. The van der Waals surface area contributed by atoms with Gasteiger partial charge in [0.25, 0.3) is 0 Å². The van der Waals surface area contributed by atoms with Crippen LogP contribution in [0, 0.1) is 12.8 Å². The summed E-state index contributed by atoms with van der Waals surface area (Å²) in [7, 11) is 0. The standard InChI is InChI=1S/C15H20N2O3/c1-10-4-3-7-17(9-10)15(20)16-12-6-5-11(2)13(8-12)14(18)19/h5-6,8,10H,3-4,7,9H2,1-2H3,(H,16,20)(H,18,19). The van der Waals surface area contributed by atoms with Gasteiger partial charge in [-0.05, 0) is 43.4 Å². The molecule has 2 amide bonds. The molecule has 1 aliphatic rings. The second-order valence-corrected chi connectivity index (χ2v) is 5.46. The summed E-state index contributed by atoms with van der Waals surface area (Å²) in [5, 5.41) is 11.9. The van der Waals surface area contributed by atoms with Crippen LogP contribution in [0.3, 0.4) is 0 Å². The highest BCUT2D eigenvalue weighted by Gasteiger charge is 2.21. The zero-order valence-corrected chi connectivity index (χ0v) is 11.8. The van der Waals surface area contributed by atoms with Crippen molar-refractivity contribution in [2.45, 2.75) is 26.7 Å². The summed E-state index contributed by atoms with van der Waals surface area (Å²) in [6, 6.07) is 4.78. The first-order valence-corrected chi connectivity index (χ1v) is 6.87. The van der Waals surface area contributed by atoms with E-state index in [1.54, 1.807) is 24.0 Å². The van der Waals surface area contributed by atoms with Gasteiger partial charge in [0.15, 0.2) is 0 Å². The van der Waals surface area contributed by atoms with Gasteiger partial charge in [-0.25, -0.2) is 9.59 Å². The second-order valence-electron chi connectivity index (χ2n) is 5.46. The monoisotopic (exact) mass is 276 g/mol. The smallest absolute Gasteiger partial charge is 0.336 e. The Morgan fingerprint density at radius 3 is 2.80 bits per heavy atom. The molecule has 1 aliphatic heterocycles. The molecule has 1 fully saturated rings. The number of hydrogen-bond donors (Lipinski definition) is 2. The molecule has 1 aromatic carbocycles. The van der Waals surface area contributed by atoms with Gasteiger partial charge in [-0.15, -0.1) is 0 Å². The van der Waals surface area contributed by atoms with E-state index in [-0.39, 0.29) is 11.6 Å². The first-order chi connectivity index (χ1) is 9.47. The van der Waals surface area contributed by atoms with E-state index in [1.165, 1.54) is 6.07 Å². The van der Waals surface area contributed by atoms with Gasteiger partial charge in [-0.3, -0.25) is 0 Å². The highest BCUT2D eigenvalue weighted by atomic mass is 16.4. The molecule has 0 aliphatic carbocycles. The van der Waals surface area contributed by atoms with Gasteiger partial charge in [0.05, 0.1) is 5.56 Å². The fraction of sp³-hybridized carbons (Fsp3) is 0.467. The van der Waals surface area contributed by atoms with Gasteiger partial charge >= 0.3 is 12.0 Å². The molecule has 0 bridgehead atoms. The molecule has 0 aromatic heterocycles. The van der Waals surface area contributed by atoms with Gasteiger partial charge in [-0.1, -0.05) is 13.0 Å². The van der Waals surface area contributed by atoms with E-state index in [9.17, 15) is 9.59 Å². The van der Waals surface area contributed by atoms with Crippen LogP contribution in [0.2, 0.25) is 0 Å². The molecule has 20 heavy (non-hydrogen) atoms. The van der Waals surface area contributed by atoms with Crippen LogP contribution >= 0.6 is 0 Å². The van der Waals surface area contributed by atoms with Crippen molar-refractivity contribution in [3.63, 3.8) is 0 Å². The van der Waals surface area contributed by atoms with Crippen molar-refractivity contribution in [3.05, 3.63) is 29.3 Å². The zero-order valence-electron chi connectivity index (χ0n) is 11.8. The van der Waals surface area contributed by atoms with E-state index in [0.29, 0.717) is 17.2 Å². The number of amides is 2. The molecule has 5 nitrogen and oxygen atoms in total. The van der Waals surface area contributed by atoms with Crippen molar-refractivity contribution in [2.75, 3.05) is 18.4 Å². The van der Waals surface area contributed by atoms with Crippen LogP contribution in [-0.4, -0.2) is 35.1 Å². The van der Waals surface area contributed by atoms with E-state index >= 15 is 0 Å². The SMILES string of the molecule is Cc1ccc(NC(=O)N2CCCC(C)C2)cc1C(=O)O. The summed E-state index contributed by atoms with van der Waals surface area (Å²) in [6.07, 6.45) is 2.17. The Morgan fingerprint density at radius 2 is 2.15 bits per heavy atom. The fourth-order valence-corrected chi connectivity index (χ4v) is 2.51. The summed E-state index contributed by atoms with van der Waals surface area (Å²) in [6.45, 7) is 5.38. The number of likely N-dealkylation sites (tertiary alicyclic amines) is 1. The lowest BCUT2D eigenvalue weighted by Crippen LogP contribution is -2.41. The third kappa shape index (κ3) is 3.29. The van der Waals surface area contributed by atoms with Crippen LogP contribution in [0.4, 0.5) is 10.5 Å². The number of benzene rings is 1. The molecule has 0 saturated carbocycles. The summed E-state index contributed by atoms with van der Waals surface area (Å²) >= 11 is 0. The molecule has 1 saturated heterocycles. The van der Waals surface area contributed by atoms with E-state index < -0.39 is 5.97 Å². The van der Waals surface area contributed by atoms with Crippen LogP contribution in [0.25, 0.3) is 0 Å². The van der Waals surface area contributed by atoms with E-state index in [0.717, 1.165) is 25.9 Å². The van der Waals surface area contributed by atoms with Crippen LogP contribution in [-0.2, 0) is 0 Å². The molecule has 1 aromatic rings. The van der Waals surface area contributed by atoms with E-state index in [1.807, 2.05) is 0 Å². The Bertz CT molecular complexity index is 528. The maximum atomic E-state index is 12.1. The lowest BCUT2D eigenvalue weighted by Gasteiger charge is -2.31. The molecule has 2 N–H and O–H groups in total. The Kier molecular flexibility index (Phi) is 4.27. The van der Waals surface area contributed by atoms with Gasteiger partial charge in [-0.2, -0.15) is 0 Å². The normalized spacial score (nSPS) is 18.7. The van der Waals surface area contributed by atoms with Gasteiger partial charge in [0.2, 0.25) is 0 Å².